The Labute approximate surface area is 209 Å². The van der Waals surface area contributed by atoms with E-state index >= 15 is 0 Å². The Bertz CT molecular complexity index is 1390. The predicted molar refractivity (Wildman–Crippen MR) is 146 cm³/mol. The van der Waals surface area contributed by atoms with Crippen molar-refractivity contribution in [3.05, 3.63) is 89.5 Å². The minimum atomic E-state index is -0.0111. The molecule has 1 aliphatic heterocycles. The number of nitrogens with zero attached hydrogens (tertiary/aromatic N) is 3. The summed E-state index contributed by atoms with van der Waals surface area (Å²) in [6.45, 7) is 2.83. The van der Waals surface area contributed by atoms with Crippen molar-refractivity contribution in [2.75, 3.05) is 6.54 Å². The molecule has 0 aliphatic carbocycles. The molecule has 2 heterocycles. The van der Waals surface area contributed by atoms with Gasteiger partial charge in [0.05, 0.1) is 10.6 Å². The molecule has 0 radical (unpaired) electrons. The zero-order valence-corrected chi connectivity index (χ0v) is 20.6. The van der Waals surface area contributed by atoms with Gasteiger partial charge in [0.25, 0.3) is 5.91 Å². The Hall–Kier alpha value is -3.22. The minimum Gasteiger partial charge on any atom is -0.293 e. The number of hydrogen-bond acceptors (Lipinski definition) is 4. The molecule has 4 aromatic rings. The molecule has 5 rings (SSSR count). The monoisotopic (exact) mass is 483 g/mol. The van der Waals surface area contributed by atoms with Crippen molar-refractivity contribution < 1.29 is 4.79 Å². The number of rotatable bonds is 7. The average molecular weight is 484 g/mol. The van der Waals surface area contributed by atoms with Crippen molar-refractivity contribution in [1.29, 1.82) is 0 Å². The lowest BCUT2D eigenvalue weighted by molar-refractivity contribution is -0.122. The number of unbranched alkanes of at least 4 members (excludes halogenated alkanes) is 2. The van der Waals surface area contributed by atoms with Crippen molar-refractivity contribution in [3.8, 4) is 16.9 Å². The van der Waals surface area contributed by atoms with E-state index in [-0.39, 0.29) is 5.91 Å². The van der Waals surface area contributed by atoms with Crippen LogP contribution >= 0.6 is 24.0 Å². The van der Waals surface area contributed by atoms with Gasteiger partial charge in [-0.3, -0.25) is 9.69 Å². The fourth-order valence-electron chi connectivity index (χ4n) is 4.12. The fourth-order valence-corrected chi connectivity index (χ4v) is 5.42. The molecule has 0 atom stereocenters. The Balaban J connectivity index is 1.56. The van der Waals surface area contributed by atoms with Crippen LogP contribution in [0.15, 0.2) is 83.9 Å². The van der Waals surface area contributed by atoms with Gasteiger partial charge in [-0.2, -0.15) is 5.10 Å². The van der Waals surface area contributed by atoms with Crippen LogP contribution in [0.3, 0.4) is 0 Å². The average Bonchev–Trinajstić information content (AvgIpc) is 3.41. The molecular formula is C28H25N3OS2. The number of fused-ring (bicyclic) bond motifs is 1. The van der Waals surface area contributed by atoms with Crippen LogP contribution in [0.5, 0.6) is 0 Å². The van der Waals surface area contributed by atoms with E-state index in [9.17, 15) is 4.79 Å². The number of carbonyl (C=O) groups excluding carboxylic acids is 1. The summed E-state index contributed by atoms with van der Waals surface area (Å²) in [4.78, 5) is 15.5. The van der Waals surface area contributed by atoms with Gasteiger partial charge in [-0.05, 0) is 41.5 Å². The standard InChI is InChI=1S/C28H25N3OS2/c1-2-3-9-16-30-27(32)25(34-28(30)33)18-23-19-31(24-12-5-4-6-13-24)29-26(23)22-15-14-20-10-7-8-11-21(20)17-22/h4-8,10-15,17-19H,2-3,9,16H2,1H3/b25-18+. The molecule has 170 valence electrons. The van der Waals surface area contributed by atoms with Crippen molar-refractivity contribution >= 4 is 51.1 Å². The largest absolute Gasteiger partial charge is 0.293 e. The molecule has 4 nitrogen and oxygen atoms in total. The molecule has 1 amide bonds. The smallest absolute Gasteiger partial charge is 0.266 e. The minimum absolute atomic E-state index is 0.0111. The lowest BCUT2D eigenvalue weighted by Crippen LogP contribution is -2.28. The van der Waals surface area contributed by atoms with Crippen molar-refractivity contribution in [2.24, 2.45) is 0 Å². The normalized spacial score (nSPS) is 15.1. The van der Waals surface area contributed by atoms with Crippen LogP contribution in [0, 0.1) is 0 Å². The number of thiocarbonyl (C=S) groups is 1. The van der Waals surface area contributed by atoms with Gasteiger partial charge in [0.1, 0.15) is 10.0 Å². The quantitative estimate of drug-likeness (QED) is 0.160. The third kappa shape index (κ3) is 4.56. The van der Waals surface area contributed by atoms with Gasteiger partial charge < -0.3 is 0 Å². The Morgan fingerprint density at radius 1 is 0.971 bits per heavy atom. The summed E-state index contributed by atoms with van der Waals surface area (Å²) in [5.41, 5.74) is 3.72. The molecule has 0 saturated carbocycles. The summed E-state index contributed by atoms with van der Waals surface area (Å²) in [6.07, 6.45) is 7.09. The molecule has 1 aliphatic rings. The Morgan fingerprint density at radius 2 is 1.74 bits per heavy atom. The second kappa shape index (κ2) is 9.95. The van der Waals surface area contributed by atoms with E-state index in [4.69, 9.17) is 17.3 Å². The summed E-state index contributed by atoms with van der Waals surface area (Å²) in [6, 6.07) is 24.7. The summed E-state index contributed by atoms with van der Waals surface area (Å²) >= 11 is 6.91. The van der Waals surface area contributed by atoms with E-state index in [0.717, 1.165) is 47.2 Å². The first-order chi connectivity index (χ1) is 16.6. The van der Waals surface area contributed by atoms with Crippen LogP contribution in [-0.4, -0.2) is 31.5 Å². The van der Waals surface area contributed by atoms with Gasteiger partial charge >= 0.3 is 0 Å². The summed E-state index contributed by atoms with van der Waals surface area (Å²) in [7, 11) is 0. The molecular weight excluding hydrogens is 458 g/mol. The van der Waals surface area contributed by atoms with Gasteiger partial charge in [0.2, 0.25) is 0 Å². The maximum atomic E-state index is 13.1. The van der Waals surface area contributed by atoms with E-state index in [1.54, 1.807) is 4.90 Å². The van der Waals surface area contributed by atoms with Gasteiger partial charge in [-0.1, -0.05) is 98.3 Å². The number of para-hydroxylation sites is 1. The number of thioether (sulfide) groups is 1. The van der Waals surface area contributed by atoms with E-state index in [0.29, 0.717) is 15.8 Å². The zero-order chi connectivity index (χ0) is 23.5. The molecule has 34 heavy (non-hydrogen) atoms. The lowest BCUT2D eigenvalue weighted by atomic mass is 10.0. The van der Waals surface area contributed by atoms with Crippen LogP contribution in [-0.2, 0) is 4.79 Å². The number of carbonyl (C=O) groups is 1. The zero-order valence-electron chi connectivity index (χ0n) is 19.0. The molecule has 6 heteroatoms. The Kier molecular flexibility index (Phi) is 6.61. The van der Waals surface area contributed by atoms with Gasteiger partial charge in [-0.25, -0.2) is 4.68 Å². The third-order valence-corrected chi connectivity index (χ3v) is 7.31. The van der Waals surface area contributed by atoms with Crippen LogP contribution in [0.2, 0.25) is 0 Å². The molecule has 0 unspecified atom stereocenters. The highest BCUT2D eigenvalue weighted by Crippen LogP contribution is 2.35. The summed E-state index contributed by atoms with van der Waals surface area (Å²) < 4.78 is 2.51. The van der Waals surface area contributed by atoms with Crippen LogP contribution in [0.25, 0.3) is 33.8 Å². The van der Waals surface area contributed by atoms with Crippen molar-refractivity contribution in [2.45, 2.75) is 26.2 Å². The lowest BCUT2D eigenvalue weighted by Gasteiger charge is -2.13. The number of hydrogen-bond donors (Lipinski definition) is 0. The fraction of sp³-hybridized carbons (Fsp3) is 0.179. The highest BCUT2D eigenvalue weighted by Gasteiger charge is 2.32. The van der Waals surface area contributed by atoms with Crippen LogP contribution < -0.4 is 0 Å². The van der Waals surface area contributed by atoms with Gasteiger partial charge in [0, 0.05) is 23.9 Å². The molecule has 0 N–H and O–H groups in total. The number of benzene rings is 3. The van der Waals surface area contributed by atoms with E-state index in [2.05, 4.69) is 37.3 Å². The van der Waals surface area contributed by atoms with Crippen LogP contribution in [0.4, 0.5) is 0 Å². The van der Waals surface area contributed by atoms with Gasteiger partial charge in [-0.15, -0.1) is 0 Å². The third-order valence-electron chi connectivity index (χ3n) is 5.93. The molecule has 0 bridgehead atoms. The predicted octanol–water partition coefficient (Wildman–Crippen LogP) is 7.08. The summed E-state index contributed by atoms with van der Waals surface area (Å²) in [5, 5.41) is 7.27. The van der Waals surface area contributed by atoms with Crippen LogP contribution in [0.1, 0.15) is 31.7 Å². The molecule has 1 aromatic heterocycles. The van der Waals surface area contributed by atoms with E-state index < -0.39 is 0 Å². The number of aromatic nitrogens is 2. The molecule has 1 saturated heterocycles. The van der Waals surface area contributed by atoms with E-state index in [1.807, 2.05) is 59.4 Å². The maximum absolute atomic E-state index is 13.1. The topological polar surface area (TPSA) is 38.1 Å². The van der Waals surface area contributed by atoms with Gasteiger partial charge in [0.15, 0.2) is 0 Å². The summed E-state index contributed by atoms with van der Waals surface area (Å²) in [5.74, 6) is -0.0111. The first kappa shape index (κ1) is 22.6. The maximum Gasteiger partial charge on any atom is 0.266 e. The van der Waals surface area contributed by atoms with Crippen molar-refractivity contribution in [1.82, 2.24) is 14.7 Å². The molecule has 1 fully saturated rings. The highest BCUT2D eigenvalue weighted by atomic mass is 32.2. The molecule has 0 spiro atoms. The van der Waals surface area contributed by atoms with Crippen molar-refractivity contribution in [3.63, 3.8) is 0 Å². The van der Waals surface area contributed by atoms with E-state index in [1.165, 1.54) is 17.1 Å². The molecule has 3 aromatic carbocycles. The number of amides is 1. The highest BCUT2D eigenvalue weighted by molar-refractivity contribution is 8.26. The Morgan fingerprint density at radius 3 is 2.53 bits per heavy atom. The second-order valence-electron chi connectivity index (χ2n) is 8.32. The first-order valence-electron chi connectivity index (χ1n) is 11.5. The first-order valence-corrected chi connectivity index (χ1v) is 12.8. The second-order valence-corrected chi connectivity index (χ2v) is 9.99. The SMILES string of the molecule is CCCCCN1C(=O)/C(=C\c2cn(-c3ccccc3)nc2-c2ccc3ccccc3c2)SC1=S.